The van der Waals surface area contributed by atoms with Gasteiger partial charge in [0.2, 0.25) is 0 Å². The van der Waals surface area contributed by atoms with Gasteiger partial charge in [-0.1, -0.05) is 6.92 Å². The molecule has 3 heteroatoms. The predicted molar refractivity (Wildman–Crippen MR) is 69.0 cm³/mol. The fourth-order valence-electron chi connectivity index (χ4n) is 1.61. The molecule has 0 N–H and O–H groups in total. The van der Waals surface area contributed by atoms with Crippen molar-refractivity contribution in [1.29, 1.82) is 5.26 Å². The maximum absolute atomic E-state index is 11.2. The van der Waals surface area contributed by atoms with Crippen LogP contribution in [0.4, 0.5) is 5.69 Å². The Morgan fingerprint density at radius 1 is 1.35 bits per heavy atom. The second-order valence-electron chi connectivity index (χ2n) is 4.08. The highest BCUT2D eigenvalue weighted by molar-refractivity contribution is 5.77. The molecule has 0 bridgehead atoms. The van der Waals surface area contributed by atoms with Crippen molar-refractivity contribution in [3.63, 3.8) is 0 Å². The van der Waals surface area contributed by atoms with Crippen molar-refractivity contribution in [3.05, 3.63) is 29.8 Å². The number of Topliss-reactive ketones (excluding diaryl/α,β-unsaturated/α-hetero) is 1. The number of carbonyl (C=O) groups excluding carboxylic acids is 1. The Bertz CT molecular complexity index is 403. The van der Waals surface area contributed by atoms with E-state index in [2.05, 4.69) is 11.0 Å². The van der Waals surface area contributed by atoms with Gasteiger partial charge in [-0.15, -0.1) is 0 Å². The first kappa shape index (κ1) is 13.2. The molecule has 1 aromatic rings. The Morgan fingerprint density at radius 3 is 2.53 bits per heavy atom. The number of hydrogen-bond acceptors (Lipinski definition) is 3. The van der Waals surface area contributed by atoms with Crippen LogP contribution in [0.1, 0.15) is 31.7 Å². The quantitative estimate of drug-likeness (QED) is 0.754. The number of benzene rings is 1. The summed E-state index contributed by atoms with van der Waals surface area (Å²) in [5, 5.41) is 8.70. The Hall–Kier alpha value is -1.82. The molecule has 0 spiro atoms. The Labute approximate surface area is 103 Å². The first-order valence-electron chi connectivity index (χ1n) is 5.90. The third kappa shape index (κ3) is 4.28. The minimum atomic E-state index is 0.318. The lowest BCUT2D eigenvalue weighted by molar-refractivity contribution is -0.118. The van der Waals surface area contributed by atoms with Gasteiger partial charge in [-0.25, -0.2) is 0 Å². The third-order valence-corrected chi connectivity index (χ3v) is 2.78. The van der Waals surface area contributed by atoms with Crippen LogP contribution in [0.15, 0.2) is 24.3 Å². The molecule has 0 aliphatic heterocycles. The van der Waals surface area contributed by atoms with Crippen LogP contribution < -0.4 is 4.90 Å². The molecule has 0 aliphatic rings. The molecule has 0 heterocycles. The van der Waals surface area contributed by atoms with Gasteiger partial charge in [-0.3, -0.25) is 4.79 Å². The summed E-state index contributed by atoms with van der Waals surface area (Å²) in [6.07, 6.45) is 2.15. The highest BCUT2D eigenvalue weighted by Gasteiger charge is 2.03. The molecule has 0 unspecified atom stereocenters. The number of nitrogens with zero attached hydrogens (tertiary/aromatic N) is 2. The molecule has 90 valence electrons. The van der Waals surface area contributed by atoms with E-state index in [0.717, 1.165) is 18.7 Å². The van der Waals surface area contributed by atoms with Crippen LogP contribution in [0.5, 0.6) is 0 Å². The minimum absolute atomic E-state index is 0.318. The first-order valence-corrected chi connectivity index (χ1v) is 5.90. The molecule has 0 aliphatic carbocycles. The second-order valence-corrected chi connectivity index (χ2v) is 4.08. The van der Waals surface area contributed by atoms with E-state index in [9.17, 15) is 4.79 Å². The van der Waals surface area contributed by atoms with E-state index in [0.29, 0.717) is 24.2 Å². The van der Waals surface area contributed by atoms with Gasteiger partial charge in [0.05, 0.1) is 11.6 Å². The van der Waals surface area contributed by atoms with E-state index in [1.165, 1.54) is 0 Å². The number of nitriles is 1. The second kappa shape index (κ2) is 6.70. The topological polar surface area (TPSA) is 44.1 Å². The standard InChI is InChI=1S/C14H18N2O/c1-3-14(17)5-4-10-16(2)13-8-6-12(11-15)7-9-13/h6-9H,3-5,10H2,1-2H3. The SMILES string of the molecule is CCC(=O)CCCN(C)c1ccc(C#N)cc1. The molecule has 0 radical (unpaired) electrons. The van der Waals surface area contributed by atoms with E-state index in [4.69, 9.17) is 5.26 Å². The van der Waals surface area contributed by atoms with Crippen molar-refractivity contribution in [2.24, 2.45) is 0 Å². The third-order valence-electron chi connectivity index (χ3n) is 2.78. The average Bonchev–Trinajstić information content (AvgIpc) is 2.38. The summed E-state index contributed by atoms with van der Waals surface area (Å²) in [6.45, 7) is 2.75. The van der Waals surface area contributed by atoms with Crippen molar-refractivity contribution in [1.82, 2.24) is 0 Å². The Kier molecular flexibility index (Phi) is 5.22. The van der Waals surface area contributed by atoms with Gasteiger partial charge >= 0.3 is 0 Å². The molecule has 17 heavy (non-hydrogen) atoms. The lowest BCUT2D eigenvalue weighted by atomic mass is 10.1. The summed E-state index contributed by atoms with van der Waals surface area (Å²) in [5.41, 5.74) is 1.75. The van der Waals surface area contributed by atoms with Crippen LogP contribution in [-0.2, 0) is 4.79 Å². The van der Waals surface area contributed by atoms with Gasteiger partial charge in [0.1, 0.15) is 5.78 Å². The van der Waals surface area contributed by atoms with Crippen LogP contribution in [0, 0.1) is 11.3 Å². The van der Waals surface area contributed by atoms with Crippen LogP contribution in [0.25, 0.3) is 0 Å². The van der Waals surface area contributed by atoms with Gasteiger partial charge < -0.3 is 4.90 Å². The van der Waals surface area contributed by atoms with Gasteiger partial charge in [0.25, 0.3) is 0 Å². The van der Waals surface area contributed by atoms with Crippen LogP contribution in [0.2, 0.25) is 0 Å². The molecular weight excluding hydrogens is 212 g/mol. The molecule has 0 saturated carbocycles. The number of carbonyl (C=O) groups is 1. The number of rotatable bonds is 6. The Balaban J connectivity index is 2.44. The number of anilines is 1. The highest BCUT2D eigenvalue weighted by Crippen LogP contribution is 2.14. The molecule has 0 fully saturated rings. The summed E-state index contributed by atoms with van der Waals surface area (Å²) in [5.74, 6) is 0.318. The smallest absolute Gasteiger partial charge is 0.132 e. The molecule has 0 amide bonds. The maximum Gasteiger partial charge on any atom is 0.132 e. The van der Waals surface area contributed by atoms with Crippen molar-refractivity contribution < 1.29 is 4.79 Å². The summed E-state index contributed by atoms with van der Waals surface area (Å²) < 4.78 is 0. The fraction of sp³-hybridized carbons (Fsp3) is 0.429. The largest absolute Gasteiger partial charge is 0.375 e. The molecule has 1 aromatic carbocycles. The normalized spacial score (nSPS) is 9.71. The molecule has 1 rings (SSSR count). The fourth-order valence-corrected chi connectivity index (χ4v) is 1.61. The molecule has 0 aromatic heterocycles. The lowest BCUT2D eigenvalue weighted by Gasteiger charge is -2.18. The van der Waals surface area contributed by atoms with Gasteiger partial charge in [-0.2, -0.15) is 5.26 Å². The van der Waals surface area contributed by atoms with Crippen molar-refractivity contribution >= 4 is 11.5 Å². The van der Waals surface area contributed by atoms with Gasteiger partial charge in [0, 0.05) is 32.1 Å². The summed E-state index contributed by atoms with van der Waals surface area (Å²) in [7, 11) is 2.00. The molecule has 0 saturated heterocycles. The summed E-state index contributed by atoms with van der Waals surface area (Å²) in [4.78, 5) is 13.3. The predicted octanol–water partition coefficient (Wildman–Crippen LogP) is 2.75. The van der Waals surface area contributed by atoms with Crippen molar-refractivity contribution in [2.45, 2.75) is 26.2 Å². The number of ketones is 1. The monoisotopic (exact) mass is 230 g/mol. The van der Waals surface area contributed by atoms with E-state index >= 15 is 0 Å². The van der Waals surface area contributed by atoms with E-state index in [-0.39, 0.29) is 0 Å². The van der Waals surface area contributed by atoms with Crippen LogP contribution in [0.3, 0.4) is 0 Å². The van der Waals surface area contributed by atoms with E-state index in [1.54, 1.807) is 0 Å². The molecule has 3 nitrogen and oxygen atoms in total. The van der Waals surface area contributed by atoms with Crippen LogP contribution in [-0.4, -0.2) is 19.4 Å². The first-order chi connectivity index (χ1) is 8.17. The van der Waals surface area contributed by atoms with Gasteiger partial charge in [0.15, 0.2) is 0 Å². The zero-order valence-corrected chi connectivity index (χ0v) is 10.4. The van der Waals surface area contributed by atoms with E-state index < -0.39 is 0 Å². The average molecular weight is 230 g/mol. The molecule has 0 atom stereocenters. The van der Waals surface area contributed by atoms with Gasteiger partial charge in [-0.05, 0) is 30.7 Å². The van der Waals surface area contributed by atoms with Crippen molar-refractivity contribution in [2.75, 3.05) is 18.5 Å². The number of hydrogen-bond donors (Lipinski definition) is 0. The summed E-state index contributed by atoms with van der Waals surface area (Å²) >= 11 is 0. The Morgan fingerprint density at radius 2 is 2.00 bits per heavy atom. The van der Waals surface area contributed by atoms with E-state index in [1.807, 2.05) is 38.2 Å². The lowest BCUT2D eigenvalue weighted by Crippen LogP contribution is -2.19. The maximum atomic E-state index is 11.2. The zero-order valence-electron chi connectivity index (χ0n) is 10.4. The van der Waals surface area contributed by atoms with Crippen LogP contribution >= 0.6 is 0 Å². The zero-order chi connectivity index (χ0) is 12.7. The highest BCUT2D eigenvalue weighted by atomic mass is 16.1. The minimum Gasteiger partial charge on any atom is -0.375 e. The van der Waals surface area contributed by atoms with Crippen molar-refractivity contribution in [3.8, 4) is 6.07 Å². The molecular formula is C14H18N2O. The summed E-state index contributed by atoms with van der Waals surface area (Å²) in [6, 6.07) is 9.57.